The van der Waals surface area contributed by atoms with Crippen LogP contribution in [0.2, 0.25) is 0 Å². The molecule has 0 aliphatic carbocycles. The lowest BCUT2D eigenvalue weighted by Gasteiger charge is -2.27. The highest BCUT2D eigenvalue weighted by Gasteiger charge is 2.32. The molecule has 1 aliphatic heterocycles. The maximum Gasteiger partial charge on any atom is 0.339 e. The van der Waals surface area contributed by atoms with Crippen LogP contribution in [0.5, 0.6) is 23.0 Å². The van der Waals surface area contributed by atoms with E-state index >= 15 is 0 Å². The zero-order valence-electron chi connectivity index (χ0n) is 15.1. The van der Waals surface area contributed by atoms with Gasteiger partial charge in [-0.15, -0.1) is 0 Å². The van der Waals surface area contributed by atoms with Crippen LogP contribution in [0.1, 0.15) is 48.7 Å². The van der Waals surface area contributed by atoms with Gasteiger partial charge in [-0.05, 0) is 43.2 Å². The van der Waals surface area contributed by atoms with Crippen molar-refractivity contribution in [1.82, 2.24) is 0 Å². The second kappa shape index (κ2) is 7.53. The average molecular weight is 368 g/mol. The Morgan fingerprint density at radius 2 is 1.93 bits per heavy atom. The topological polar surface area (TPSA) is 93.1 Å². The van der Waals surface area contributed by atoms with Crippen molar-refractivity contribution in [3.63, 3.8) is 0 Å². The predicted molar refractivity (Wildman–Crippen MR) is 98.2 cm³/mol. The standard InChI is InChI=1S/C21H20O6/c1-3-4-12(2)21(25)27-20-16(23)10-9-15-17(24)11-18(26-19(15)20)13-5-7-14(22)8-6-13/h4-10,18,22-23H,3,11H2,1-2H3. The summed E-state index contributed by atoms with van der Waals surface area (Å²) in [6.07, 6.45) is 1.86. The second-order valence-corrected chi connectivity index (χ2v) is 6.30. The third kappa shape index (κ3) is 3.79. The number of rotatable bonds is 4. The zero-order chi connectivity index (χ0) is 19.6. The Morgan fingerprint density at radius 1 is 1.22 bits per heavy atom. The number of ketones is 1. The predicted octanol–water partition coefficient (Wildman–Crippen LogP) is 4.07. The lowest BCUT2D eigenvalue weighted by atomic mass is 9.95. The smallest absolute Gasteiger partial charge is 0.339 e. The molecule has 0 saturated carbocycles. The Balaban J connectivity index is 1.98. The molecular formula is C21H20O6. The summed E-state index contributed by atoms with van der Waals surface area (Å²) in [7, 11) is 0. The van der Waals surface area contributed by atoms with E-state index < -0.39 is 12.1 Å². The molecule has 0 spiro atoms. The lowest BCUT2D eigenvalue weighted by molar-refractivity contribution is -0.130. The summed E-state index contributed by atoms with van der Waals surface area (Å²) in [5.41, 5.74) is 1.34. The van der Waals surface area contributed by atoms with Crippen LogP contribution >= 0.6 is 0 Å². The van der Waals surface area contributed by atoms with Crippen molar-refractivity contribution in [2.24, 2.45) is 0 Å². The number of carbonyl (C=O) groups excluding carboxylic acids is 2. The fourth-order valence-corrected chi connectivity index (χ4v) is 2.89. The maximum absolute atomic E-state index is 12.6. The molecule has 2 N–H and O–H groups in total. The van der Waals surface area contributed by atoms with E-state index in [-0.39, 0.29) is 40.8 Å². The van der Waals surface area contributed by atoms with Gasteiger partial charge in [-0.2, -0.15) is 0 Å². The number of Topliss-reactive ketones (excluding diaryl/α,β-unsaturated/α-hetero) is 1. The third-order valence-corrected chi connectivity index (χ3v) is 4.31. The van der Waals surface area contributed by atoms with Crippen molar-refractivity contribution in [3.05, 3.63) is 59.2 Å². The highest BCUT2D eigenvalue weighted by Crippen LogP contribution is 2.46. The molecule has 2 aromatic carbocycles. The van der Waals surface area contributed by atoms with Crippen molar-refractivity contribution < 1.29 is 29.3 Å². The van der Waals surface area contributed by atoms with Gasteiger partial charge >= 0.3 is 5.97 Å². The number of allylic oxidation sites excluding steroid dienone is 1. The maximum atomic E-state index is 12.6. The first kappa shape index (κ1) is 18.5. The summed E-state index contributed by atoms with van der Waals surface area (Å²) in [5.74, 6) is -1.12. The largest absolute Gasteiger partial charge is 0.508 e. The van der Waals surface area contributed by atoms with Gasteiger partial charge in [0.15, 0.2) is 17.3 Å². The molecule has 0 radical (unpaired) electrons. The minimum Gasteiger partial charge on any atom is -0.508 e. The quantitative estimate of drug-likeness (QED) is 0.480. The van der Waals surface area contributed by atoms with Crippen LogP contribution in [0.25, 0.3) is 0 Å². The van der Waals surface area contributed by atoms with Crippen molar-refractivity contribution in [2.75, 3.05) is 0 Å². The number of ether oxygens (including phenoxy) is 2. The SMILES string of the molecule is CCC=C(C)C(=O)Oc1c(O)ccc2c1OC(c1ccc(O)cc1)CC2=O. The van der Waals surface area contributed by atoms with E-state index in [9.17, 15) is 19.8 Å². The molecule has 140 valence electrons. The van der Waals surface area contributed by atoms with E-state index in [0.29, 0.717) is 17.6 Å². The van der Waals surface area contributed by atoms with Gasteiger partial charge in [0.2, 0.25) is 5.75 Å². The number of esters is 1. The minimum atomic E-state index is -0.622. The van der Waals surface area contributed by atoms with Crippen LogP contribution < -0.4 is 9.47 Å². The zero-order valence-corrected chi connectivity index (χ0v) is 15.1. The van der Waals surface area contributed by atoms with Crippen molar-refractivity contribution in [2.45, 2.75) is 32.8 Å². The Hall–Kier alpha value is -3.28. The molecule has 0 bridgehead atoms. The number of aromatic hydroxyl groups is 2. The molecular weight excluding hydrogens is 348 g/mol. The number of benzene rings is 2. The molecule has 27 heavy (non-hydrogen) atoms. The Labute approximate surface area is 156 Å². The van der Waals surface area contributed by atoms with E-state index in [2.05, 4.69) is 0 Å². The van der Waals surface area contributed by atoms with Crippen molar-refractivity contribution in [1.29, 1.82) is 0 Å². The fourth-order valence-electron chi connectivity index (χ4n) is 2.89. The molecule has 1 unspecified atom stereocenters. The summed E-state index contributed by atoms with van der Waals surface area (Å²) in [5, 5.41) is 19.6. The van der Waals surface area contributed by atoms with Gasteiger partial charge in [-0.3, -0.25) is 4.79 Å². The molecule has 0 fully saturated rings. The second-order valence-electron chi connectivity index (χ2n) is 6.30. The molecule has 1 aliphatic rings. The van der Waals surface area contributed by atoms with Gasteiger partial charge in [0.05, 0.1) is 12.0 Å². The molecule has 2 aromatic rings. The van der Waals surface area contributed by atoms with Gasteiger partial charge < -0.3 is 19.7 Å². The number of fused-ring (bicyclic) bond motifs is 1. The van der Waals surface area contributed by atoms with Crippen LogP contribution in [0.4, 0.5) is 0 Å². The van der Waals surface area contributed by atoms with Gasteiger partial charge in [-0.25, -0.2) is 4.79 Å². The third-order valence-electron chi connectivity index (χ3n) is 4.31. The van der Waals surface area contributed by atoms with Gasteiger partial charge in [0.1, 0.15) is 11.9 Å². The average Bonchev–Trinajstić information content (AvgIpc) is 2.64. The molecule has 3 rings (SSSR count). The first-order valence-electron chi connectivity index (χ1n) is 8.64. The van der Waals surface area contributed by atoms with E-state index in [1.165, 1.54) is 24.3 Å². The number of hydrogen-bond donors (Lipinski definition) is 2. The molecule has 1 heterocycles. The van der Waals surface area contributed by atoms with Crippen LogP contribution in [0.3, 0.4) is 0 Å². The van der Waals surface area contributed by atoms with Gasteiger partial charge in [-0.1, -0.05) is 25.1 Å². The van der Waals surface area contributed by atoms with E-state index in [1.807, 2.05) is 6.92 Å². The number of hydrogen-bond acceptors (Lipinski definition) is 6. The highest BCUT2D eigenvalue weighted by atomic mass is 16.6. The van der Waals surface area contributed by atoms with Crippen LogP contribution in [0, 0.1) is 0 Å². The molecule has 6 heteroatoms. The number of phenolic OH excluding ortho intramolecular Hbond substituents is 2. The van der Waals surface area contributed by atoms with Crippen LogP contribution in [-0.2, 0) is 4.79 Å². The van der Waals surface area contributed by atoms with Crippen molar-refractivity contribution >= 4 is 11.8 Å². The molecule has 0 saturated heterocycles. The lowest BCUT2D eigenvalue weighted by Crippen LogP contribution is -2.21. The monoisotopic (exact) mass is 368 g/mol. The Bertz CT molecular complexity index is 911. The van der Waals surface area contributed by atoms with Gasteiger partial charge in [0, 0.05) is 5.57 Å². The minimum absolute atomic E-state index is 0.0435. The van der Waals surface area contributed by atoms with Crippen LogP contribution in [0.15, 0.2) is 48.0 Å². The Morgan fingerprint density at radius 3 is 2.59 bits per heavy atom. The molecule has 0 aromatic heterocycles. The molecule has 6 nitrogen and oxygen atoms in total. The summed E-state index contributed by atoms with van der Waals surface area (Å²) >= 11 is 0. The highest BCUT2D eigenvalue weighted by molar-refractivity contribution is 6.02. The number of carbonyl (C=O) groups is 2. The summed E-state index contributed by atoms with van der Waals surface area (Å²) in [4.78, 5) is 24.8. The molecule has 0 amide bonds. The van der Waals surface area contributed by atoms with E-state index in [0.717, 1.165) is 0 Å². The first-order chi connectivity index (χ1) is 12.9. The van der Waals surface area contributed by atoms with Crippen molar-refractivity contribution in [3.8, 4) is 23.0 Å². The van der Waals surface area contributed by atoms with E-state index in [1.54, 1.807) is 25.1 Å². The first-order valence-corrected chi connectivity index (χ1v) is 8.64. The summed E-state index contributed by atoms with van der Waals surface area (Å²) < 4.78 is 11.3. The fraction of sp³-hybridized carbons (Fsp3) is 0.238. The summed E-state index contributed by atoms with van der Waals surface area (Å²) in [6.45, 7) is 3.51. The normalized spacial score (nSPS) is 16.4. The summed E-state index contributed by atoms with van der Waals surface area (Å²) in [6, 6.07) is 9.07. The Kier molecular flexibility index (Phi) is 5.16. The molecule has 1 atom stereocenters. The number of phenols is 2. The van der Waals surface area contributed by atoms with E-state index in [4.69, 9.17) is 9.47 Å². The van der Waals surface area contributed by atoms with Crippen LogP contribution in [-0.4, -0.2) is 22.0 Å². The van der Waals surface area contributed by atoms with Gasteiger partial charge in [0.25, 0.3) is 0 Å².